The zero-order valence-corrected chi connectivity index (χ0v) is 14.8. The van der Waals surface area contributed by atoms with E-state index < -0.39 is 0 Å². The van der Waals surface area contributed by atoms with Crippen LogP contribution in [0, 0.1) is 5.92 Å². The summed E-state index contributed by atoms with van der Waals surface area (Å²) < 4.78 is 4.68. The van der Waals surface area contributed by atoms with E-state index in [9.17, 15) is 0 Å². The van der Waals surface area contributed by atoms with Crippen LogP contribution in [0.2, 0.25) is 0 Å². The van der Waals surface area contributed by atoms with Crippen molar-refractivity contribution in [3.63, 3.8) is 0 Å². The lowest BCUT2D eigenvalue weighted by molar-refractivity contribution is -0.763. The maximum atomic E-state index is 2.41. The summed E-state index contributed by atoms with van der Waals surface area (Å²) in [6.45, 7) is 11.5. The number of nitrogens with zero attached hydrogens (tertiary/aromatic N) is 2. The zero-order valence-electron chi connectivity index (χ0n) is 14.8. The van der Waals surface area contributed by atoms with Crippen molar-refractivity contribution in [1.29, 1.82) is 0 Å². The highest BCUT2D eigenvalue weighted by molar-refractivity contribution is 5.40. The number of hydrogen-bond donors (Lipinski definition) is 0. The molecule has 0 radical (unpaired) electrons. The summed E-state index contributed by atoms with van der Waals surface area (Å²) in [4.78, 5) is 0. The third-order valence-corrected chi connectivity index (χ3v) is 5.16. The van der Waals surface area contributed by atoms with Crippen molar-refractivity contribution < 1.29 is 4.57 Å². The molecule has 120 valence electrons. The van der Waals surface area contributed by atoms with Crippen molar-refractivity contribution in [2.75, 3.05) is 0 Å². The van der Waals surface area contributed by atoms with Gasteiger partial charge in [-0.25, -0.2) is 9.13 Å². The van der Waals surface area contributed by atoms with Gasteiger partial charge in [-0.05, 0) is 43.7 Å². The Labute approximate surface area is 135 Å². The Morgan fingerprint density at radius 3 is 2.55 bits per heavy atom. The third-order valence-electron chi connectivity index (χ3n) is 5.16. The fourth-order valence-corrected chi connectivity index (χ4v) is 3.21. The highest BCUT2D eigenvalue weighted by Gasteiger charge is 2.31. The van der Waals surface area contributed by atoms with E-state index in [1.165, 1.54) is 24.1 Å². The first-order chi connectivity index (χ1) is 10.5. The smallest absolute Gasteiger partial charge is 0.231 e. The van der Waals surface area contributed by atoms with Gasteiger partial charge in [0.25, 0.3) is 0 Å². The number of imidazole rings is 1. The Morgan fingerprint density at radius 1 is 1.18 bits per heavy atom. The van der Waals surface area contributed by atoms with Crippen molar-refractivity contribution >= 4 is 0 Å². The van der Waals surface area contributed by atoms with Crippen LogP contribution in [0.4, 0.5) is 0 Å². The molecule has 0 aliphatic heterocycles. The molecule has 0 aliphatic rings. The van der Waals surface area contributed by atoms with Crippen LogP contribution in [0.25, 0.3) is 5.69 Å². The molecule has 2 atom stereocenters. The Kier molecular flexibility index (Phi) is 5.44. The maximum absolute atomic E-state index is 2.41. The van der Waals surface area contributed by atoms with Crippen LogP contribution in [-0.2, 0) is 12.0 Å². The number of aryl methyl sites for hydroxylation is 1. The number of aromatic nitrogens is 2. The van der Waals surface area contributed by atoms with E-state index in [2.05, 4.69) is 86.7 Å². The SMILES string of the molecule is CCc1ccccc1-n1cc[n+](C(C)(CC)CC(C)CC)c1. The van der Waals surface area contributed by atoms with Crippen molar-refractivity contribution in [2.24, 2.45) is 5.92 Å². The van der Waals surface area contributed by atoms with Gasteiger partial charge in [-0.1, -0.05) is 52.3 Å². The van der Waals surface area contributed by atoms with Crippen LogP contribution in [0.15, 0.2) is 43.0 Å². The van der Waals surface area contributed by atoms with E-state index in [-0.39, 0.29) is 5.54 Å². The quantitative estimate of drug-likeness (QED) is 0.644. The Hall–Kier alpha value is -1.57. The fourth-order valence-electron chi connectivity index (χ4n) is 3.21. The van der Waals surface area contributed by atoms with Gasteiger partial charge in [-0.2, -0.15) is 0 Å². The highest BCUT2D eigenvalue weighted by atomic mass is 15.2. The first kappa shape index (κ1) is 16.8. The zero-order chi connectivity index (χ0) is 16.2. The van der Waals surface area contributed by atoms with Crippen molar-refractivity contribution in [3.05, 3.63) is 48.5 Å². The van der Waals surface area contributed by atoms with Gasteiger partial charge in [-0.3, -0.25) is 0 Å². The molecule has 2 nitrogen and oxygen atoms in total. The molecule has 0 saturated carbocycles. The summed E-state index contributed by atoms with van der Waals surface area (Å²) in [5, 5.41) is 0. The van der Waals surface area contributed by atoms with Gasteiger partial charge in [0.15, 0.2) is 0 Å². The molecule has 2 heteroatoms. The molecule has 22 heavy (non-hydrogen) atoms. The van der Waals surface area contributed by atoms with Crippen molar-refractivity contribution in [1.82, 2.24) is 4.57 Å². The van der Waals surface area contributed by atoms with E-state index in [4.69, 9.17) is 0 Å². The van der Waals surface area contributed by atoms with Gasteiger partial charge in [0.1, 0.15) is 23.6 Å². The van der Waals surface area contributed by atoms with Gasteiger partial charge in [-0.15, -0.1) is 0 Å². The minimum absolute atomic E-state index is 0.196. The minimum atomic E-state index is 0.196. The van der Waals surface area contributed by atoms with E-state index in [1.54, 1.807) is 0 Å². The lowest BCUT2D eigenvalue weighted by atomic mass is 9.86. The standard InChI is InChI=1S/C20H31N2/c1-6-17(4)15-20(5,8-3)22-14-13-21(16-22)19-12-10-9-11-18(19)7-2/h9-14,16-17H,6-8,15H2,1-5H3/q+1. The van der Waals surface area contributed by atoms with E-state index >= 15 is 0 Å². The summed E-state index contributed by atoms with van der Waals surface area (Å²) >= 11 is 0. The molecule has 0 aliphatic carbocycles. The minimum Gasteiger partial charge on any atom is -0.231 e. The summed E-state index contributed by atoms with van der Waals surface area (Å²) in [7, 11) is 0. The van der Waals surface area contributed by atoms with Crippen molar-refractivity contribution in [3.8, 4) is 5.69 Å². The van der Waals surface area contributed by atoms with Crippen LogP contribution in [-0.4, -0.2) is 4.57 Å². The average molecular weight is 299 g/mol. The summed E-state index contributed by atoms with van der Waals surface area (Å²) in [6, 6.07) is 8.68. The second kappa shape index (κ2) is 7.13. The predicted octanol–water partition coefficient (Wildman–Crippen LogP) is 4.89. The van der Waals surface area contributed by atoms with Crippen LogP contribution in [0.1, 0.15) is 59.4 Å². The van der Waals surface area contributed by atoms with E-state index in [0.29, 0.717) is 0 Å². The number of para-hydroxylation sites is 1. The van der Waals surface area contributed by atoms with Gasteiger partial charge in [0, 0.05) is 0 Å². The largest absolute Gasteiger partial charge is 0.249 e. The Bertz CT molecular complexity index is 599. The first-order valence-corrected chi connectivity index (χ1v) is 8.72. The van der Waals surface area contributed by atoms with Crippen LogP contribution in [0.5, 0.6) is 0 Å². The Morgan fingerprint density at radius 2 is 1.91 bits per heavy atom. The lowest BCUT2D eigenvalue weighted by Crippen LogP contribution is -2.53. The third kappa shape index (κ3) is 3.43. The second-order valence-corrected chi connectivity index (χ2v) is 6.78. The lowest BCUT2D eigenvalue weighted by Gasteiger charge is -2.27. The van der Waals surface area contributed by atoms with Crippen LogP contribution < -0.4 is 4.57 Å². The molecule has 2 unspecified atom stereocenters. The van der Waals surface area contributed by atoms with Crippen LogP contribution >= 0.6 is 0 Å². The second-order valence-electron chi connectivity index (χ2n) is 6.78. The van der Waals surface area contributed by atoms with E-state index in [1.807, 2.05) is 0 Å². The number of benzene rings is 1. The maximum Gasteiger partial charge on any atom is 0.249 e. The topological polar surface area (TPSA) is 8.81 Å². The number of rotatable bonds is 7. The molecule has 0 fully saturated rings. The monoisotopic (exact) mass is 299 g/mol. The summed E-state index contributed by atoms with van der Waals surface area (Å²) in [6.07, 6.45) is 11.4. The van der Waals surface area contributed by atoms with Crippen LogP contribution in [0.3, 0.4) is 0 Å². The molecule has 2 aromatic rings. The molecule has 0 N–H and O–H groups in total. The molecule has 2 rings (SSSR count). The predicted molar refractivity (Wildman–Crippen MR) is 93.4 cm³/mol. The van der Waals surface area contributed by atoms with Gasteiger partial charge < -0.3 is 0 Å². The summed E-state index contributed by atoms with van der Waals surface area (Å²) in [5.41, 5.74) is 2.89. The molecule has 1 aromatic heterocycles. The molecule has 0 saturated heterocycles. The molecular formula is C20H31N2+. The first-order valence-electron chi connectivity index (χ1n) is 8.72. The van der Waals surface area contributed by atoms with E-state index in [0.717, 1.165) is 18.8 Å². The molecule has 1 aromatic carbocycles. The highest BCUT2D eigenvalue weighted by Crippen LogP contribution is 2.25. The Balaban J connectivity index is 2.34. The molecule has 0 amide bonds. The fraction of sp³-hybridized carbons (Fsp3) is 0.550. The molecule has 0 bridgehead atoms. The normalized spacial score (nSPS) is 15.5. The van der Waals surface area contributed by atoms with Crippen molar-refractivity contribution in [2.45, 2.75) is 65.8 Å². The molecule has 1 heterocycles. The average Bonchev–Trinajstić information content (AvgIpc) is 3.05. The van der Waals surface area contributed by atoms with Gasteiger partial charge in [0.05, 0.1) is 0 Å². The number of hydrogen-bond acceptors (Lipinski definition) is 0. The summed E-state index contributed by atoms with van der Waals surface area (Å²) in [5.74, 6) is 0.753. The van der Waals surface area contributed by atoms with Gasteiger partial charge in [0.2, 0.25) is 6.33 Å². The van der Waals surface area contributed by atoms with Gasteiger partial charge >= 0.3 is 0 Å². The molecular weight excluding hydrogens is 268 g/mol. The molecule has 0 spiro atoms.